The van der Waals surface area contributed by atoms with Crippen LogP contribution < -0.4 is 9.64 Å². The fourth-order valence-corrected chi connectivity index (χ4v) is 6.15. The number of imide groups is 1. The first-order valence-electron chi connectivity index (χ1n) is 17.3. The third-order valence-corrected chi connectivity index (χ3v) is 9.07. The van der Waals surface area contributed by atoms with E-state index in [-0.39, 0.29) is 41.6 Å². The minimum absolute atomic E-state index is 0.115. The lowest BCUT2D eigenvalue weighted by atomic mass is 10.1. The quantitative estimate of drug-likeness (QED) is 0.108. The Morgan fingerprint density at radius 2 is 1.28 bits per heavy atom. The van der Waals surface area contributed by atoms with Crippen LogP contribution in [-0.4, -0.2) is 64.2 Å². The van der Waals surface area contributed by atoms with E-state index in [2.05, 4.69) is 4.98 Å². The molecule has 7 rings (SSSR count). The van der Waals surface area contributed by atoms with Crippen molar-refractivity contribution in [3.05, 3.63) is 155 Å². The number of hydrogen-bond acceptors (Lipinski definition) is 10. The molecule has 0 radical (unpaired) electrons. The van der Waals surface area contributed by atoms with Crippen molar-refractivity contribution in [2.24, 2.45) is 0 Å². The standard InChI is InChI=1S/C42H36N4O8/c1-26-14-18-30(19-15-26)40(49)52-25-34-33(54-41(50)31-20-16-27(2)17-21-31)24-35(53-34)45-23-22-32-36(45)43-42(44-37(32)51-3)46(38(47)28-10-6-4-7-11-28)39(48)29-12-8-5-9-13-29/h4-23,33-35H,24-25H2,1-3H3/t33?,34-,35-/m1/s1. The predicted octanol–water partition coefficient (Wildman–Crippen LogP) is 6.91. The molecule has 3 atom stereocenters. The molecule has 4 aromatic carbocycles. The van der Waals surface area contributed by atoms with Crippen molar-refractivity contribution >= 4 is 40.7 Å². The summed E-state index contributed by atoms with van der Waals surface area (Å²) in [7, 11) is 1.43. The molecule has 12 heteroatoms. The summed E-state index contributed by atoms with van der Waals surface area (Å²) in [5, 5.41) is 0.478. The van der Waals surface area contributed by atoms with Crippen molar-refractivity contribution in [1.29, 1.82) is 0 Å². The molecular formula is C42H36N4O8. The Morgan fingerprint density at radius 1 is 0.722 bits per heavy atom. The van der Waals surface area contributed by atoms with Crippen LogP contribution in [0.1, 0.15) is 65.2 Å². The number of hydrogen-bond donors (Lipinski definition) is 0. The van der Waals surface area contributed by atoms with Gasteiger partial charge >= 0.3 is 11.9 Å². The first kappa shape index (κ1) is 35.7. The number of nitrogens with zero attached hydrogens (tertiary/aromatic N) is 4. The fraction of sp³-hybridized carbons (Fsp3) is 0.190. The van der Waals surface area contributed by atoms with E-state index in [1.165, 1.54) is 7.11 Å². The number of aryl methyl sites for hydroxylation is 2. The van der Waals surface area contributed by atoms with Crippen molar-refractivity contribution < 1.29 is 38.1 Å². The van der Waals surface area contributed by atoms with Crippen LogP contribution in [0.5, 0.6) is 5.88 Å². The van der Waals surface area contributed by atoms with Gasteiger partial charge < -0.3 is 23.5 Å². The smallest absolute Gasteiger partial charge is 0.338 e. The first-order valence-corrected chi connectivity index (χ1v) is 17.3. The molecule has 0 aliphatic carbocycles. The average Bonchev–Trinajstić information content (AvgIpc) is 3.81. The molecule has 1 aliphatic heterocycles. The van der Waals surface area contributed by atoms with E-state index < -0.39 is 42.2 Å². The monoisotopic (exact) mass is 724 g/mol. The number of methoxy groups -OCH3 is 1. The van der Waals surface area contributed by atoms with Gasteiger partial charge in [0.2, 0.25) is 11.8 Å². The van der Waals surface area contributed by atoms with Gasteiger partial charge in [0.25, 0.3) is 11.8 Å². The Morgan fingerprint density at radius 3 is 1.83 bits per heavy atom. The summed E-state index contributed by atoms with van der Waals surface area (Å²) in [4.78, 5) is 64.5. The third-order valence-electron chi connectivity index (χ3n) is 9.07. The summed E-state index contributed by atoms with van der Waals surface area (Å²) >= 11 is 0. The molecule has 12 nitrogen and oxygen atoms in total. The number of amides is 2. The molecule has 6 aromatic rings. The van der Waals surface area contributed by atoms with Gasteiger partial charge in [-0.15, -0.1) is 0 Å². The van der Waals surface area contributed by atoms with Gasteiger partial charge in [-0.3, -0.25) is 9.59 Å². The van der Waals surface area contributed by atoms with E-state index >= 15 is 0 Å². The maximum Gasteiger partial charge on any atom is 0.338 e. The molecule has 1 fully saturated rings. The Balaban J connectivity index is 1.24. The molecule has 2 aromatic heterocycles. The van der Waals surface area contributed by atoms with Crippen molar-refractivity contribution in [1.82, 2.24) is 14.5 Å². The van der Waals surface area contributed by atoms with Gasteiger partial charge in [-0.1, -0.05) is 71.8 Å². The summed E-state index contributed by atoms with van der Waals surface area (Å²) in [6.07, 6.45) is -0.595. The van der Waals surface area contributed by atoms with Gasteiger partial charge in [0.1, 0.15) is 25.0 Å². The molecule has 54 heavy (non-hydrogen) atoms. The zero-order valence-corrected chi connectivity index (χ0v) is 29.7. The van der Waals surface area contributed by atoms with E-state index in [1.54, 1.807) is 102 Å². The van der Waals surface area contributed by atoms with Crippen LogP contribution in [-0.2, 0) is 14.2 Å². The normalized spacial score (nSPS) is 16.5. The minimum Gasteiger partial charge on any atom is -0.480 e. The summed E-state index contributed by atoms with van der Waals surface area (Å²) in [5.74, 6) is -2.49. The minimum atomic E-state index is -0.852. The number of ether oxygens (including phenoxy) is 4. The topological polar surface area (TPSA) is 139 Å². The zero-order chi connectivity index (χ0) is 37.8. The maximum absolute atomic E-state index is 14.0. The van der Waals surface area contributed by atoms with Gasteiger partial charge in [0.15, 0.2) is 5.65 Å². The molecule has 0 spiro atoms. The molecule has 0 N–H and O–H groups in total. The summed E-state index contributed by atoms with van der Waals surface area (Å²) < 4.78 is 25.5. The predicted molar refractivity (Wildman–Crippen MR) is 198 cm³/mol. The number of benzene rings is 4. The second kappa shape index (κ2) is 15.5. The largest absolute Gasteiger partial charge is 0.480 e. The number of fused-ring (bicyclic) bond motifs is 1. The Hall–Kier alpha value is -6.66. The number of aromatic nitrogens is 3. The third kappa shape index (κ3) is 7.46. The summed E-state index contributed by atoms with van der Waals surface area (Å²) in [5.41, 5.74) is 3.50. The van der Waals surface area contributed by atoms with E-state index in [4.69, 9.17) is 23.9 Å². The highest BCUT2D eigenvalue weighted by Crippen LogP contribution is 2.36. The molecular weight excluding hydrogens is 688 g/mol. The van der Waals surface area contributed by atoms with Gasteiger partial charge in [-0.25, -0.2) is 14.5 Å². The van der Waals surface area contributed by atoms with Crippen LogP contribution in [0.25, 0.3) is 11.0 Å². The van der Waals surface area contributed by atoms with Crippen LogP contribution in [0, 0.1) is 13.8 Å². The van der Waals surface area contributed by atoms with E-state index in [0.717, 1.165) is 16.0 Å². The lowest BCUT2D eigenvalue weighted by Gasteiger charge is -2.21. The van der Waals surface area contributed by atoms with Gasteiger partial charge in [-0.05, 0) is 68.4 Å². The highest BCUT2D eigenvalue weighted by molar-refractivity contribution is 6.25. The van der Waals surface area contributed by atoms with E-state index in [1.807, 2.05) is 38.1 Å². The summed E-state index contributed by atoms with van der Waals surface area (Å²) in [6, 6.07) is 32.4. The number of carbonyl (C=O) groups excluding carboxylic acids is 4. The van der Waals surface area contributed by atoms with Crippen LogP contribution >= 0.6 is 0 Å². The van der Waals surface area contributed by atoms with Crippen LogP contribution in [0.4, 0.5) is 5.95 Å². The molecule has 0 saturated carbocycles. The number of carbonyl (C=O) groups is 4. The SMILES string of the molecule is COc1nc(N(C(=O)c2ccccc2)C(=O)c2ccccc2)nc2c1ccn2[C@H]1CC(OC(=O)c2ccc(C)cc2)[C@@H](COC(=O)c2ccc(C)cc2)O1. The Bertz CT molecular complexity index is 2260. The molecule has 1 unspecified atom stereocenters. The highest BCUT2D eigenvalue weighted by Gasteiger charge is 2.41. The highest BCUT2D eigenvalue weighted by atomic mass is 16.6. The second-order valence-electron chi connectivity index (χ2n) is 12.8. The van der Waals surface area contributed by atoms with Gasteiger partial charge in [0, 0.05) is 23.7 Å². The van der Waals surface area contributed by atoms with Gasteiger partial charge in [0.05, 0.1) is 23.6 Å². The number of anilines is 1. The first-order chi connectivity index (χ1) is 26.2. The lowest BCUT2D eigenvalue weighted by molar-refractivity contribution is -0.0562. The van der Waals surface area contributed by atoms with E-state index in [9.17, 15) is 19.2 Å². The molecule has 3 heterocycles. The van der Waals surface area contributed by atoms with Crippen LogP contribution in [0.3, 0.4) is 0 Å². The maximum atomic E-state index is 14.0. The second-order valence-corrected chi connectivity index (χ2v) is 12.8. The molecule has 1 saturated heterocycles. The number of rotatable bonds is 10. The molecule has 0 bridgehead atoms. The molecule has 1 aliphatic rings. The fourth-order valence-electron chi connectivity index (χ4n) is 6.15. The molecule has 272 valence electrons. The average molecular weight is 725 g/mol. The Labute approximate surface area is 310 Å². The Kier molecular flexibility index (Phi) is 10.3. The number of esters is 2. The lowest BCUT2D eigenvalue weighted by Crippen LogP contribution is -2.38. The summed E-state index contributed by atoms with van der Waals surface area (Å²) in [6.45, 7) is 3.63. The zero-order valence-electron chi connectivity index (χ0n) is 29.7. The van der Waals surface area contributed by atoms with Crippen LogP contribution in [0.15, 0.2) is 121 Å². The van der Waals surface area contributed by atoms with Crippen LogP contribution in [0.2, 0.25) is 0 Å². The van der Waals surface area contributed by atoms with E-state index in [0.29, 0.717) is 16.5 Å². The van der Waals surface area contributed by atoms with Crippen molar-refractivity contribution in [3.8, 4) is 5.88 Å². The van der Waals surface area contributed by atoms with Crippen molar-refractivity contribution in [3.63, 3.8) is 0 Å². The molecule has 2 amide bonds. The van der Waals surface area contributed by atoms with Gasteiger partial charge in [-0.2, -0.15) is 9.97 Å². The van der Waals surface area contributed by atoms with Crippen molar-refractivity contribution in [2.75, 3.05) is 18.6 Å². The van der Waals surface area contributed by atoms with Crippen molar-refractivity contribution in [2.45, 2.75) is 38.7 Å².